The normalized spacial score (nSPS) is 49.5. The summed E-state index contributed by atoms with van der Waals surface area (Å²) >= 11 is 0. The van der Waals surface area contributed by atoms with Gasteiger partial charge in [0, 0.05) is 25.0 Å². The Balaban J connectivity index is 2.22. The van der Waals surface area contributed by atoms with Gasteiger partial charge in [-0.05, 0) is 19.3 Å². The standard InChI is InChI=1S/C14H18N2O2/c1-3-12-5-13(6-15)8-16(7-12)9-14(4-2,10(12)17)11(13)18/h3-5,7-9H2,1-2H3. The Morgan fingerprint density at radius 3 is 2.44 bits per heavy atom. The Labute approximate surface area is 107 Å². The minimum atomic E-state index is -0.920. The summed E-state index contributed by atoms with van der Waals surface area (Å²) in [4.78, 5) is 27.6. The first kappa shape index (κ1) is 11.9. The molecule has 4 atom stereocenters. The fourth-order valence-electron chi connectivity index (χ4n) is 4.52. The predicted molar refractivity (Wildman–Crippen MR) is 64.6 cm³/mol. The highest BCUT2D eigenvalue weighted by atomic mass is 16.2. The Morgan fingerprint density at radius 1 is 1.17 bits per heavy atom. The van der Waals surface area contributed by atoms with Crippen LogP contribution in [0.1, 0.15) is 33.1 Å². The number of nitriles is 1. The minimum Gasteiger partial charge on any atom is -0.299 e. The van der Waals surface area contributed by atoms with E-state index in [2.05, 4.69) is 11.0 Å². The van der Waals surface area contributed by atoms with Crippen LogP contribution in [0.5, 0.6) is 0 Å². The van der Waals surface area contributed by atoms with E-state index in [0.717, 1.165) is 13.0 Å². The first-order valence-corrected chi connectivity index (χ1v) is 6.72. The third-order valence-electron chi connectivity index (χ3n) is 5.43. The van der Waals surface area contributed by atoms with E-state index >= 15 is 0 Å². The van der Waals surface area contributed by atoms with Crippen LogP contribution in [0.2, 0.25) is 0 Å². The third kappa shape index (κ3) is 1.01. The topological polar surface area (TPSA) is 61.2 Å². The van der Waals surface area contributed by atoms with Crippen molar-refractivity contribution in [3.63, 3.8) is 0 Å². The summed E-state index contributed by atoms with van der Waals surface area (Å²) < 4.78 is 0. The van der Waals surface area contributed by atoms with Gasteiger partial charge in [-0.15, -0.1) is 0 Å². The SMILES string of the molecule is CCC12CN3CC(C#N)(C1)C(=O)C(CC)(C3)C2=O. The predicted octanol–water partition coefficient (Wildman–Crippen LogP) is 1.16. The summed E-state index contributed by atoms with van der Waals surface area (Å²) in [5, 5.41) is 9.50. The molecule has 4 fully saturated rings. The molecule has 0 aromatic carbocycles. The Bertz CT molecular complexity index is 495. The second-order valence-corrected chi connectivity index (χ2v) is 6.24. The number of hydrogen-bond donors (Lipinski definition) is 0. The second kappa shape index (κ2) is 3.21. The summed E-state index contributed by atoms with van der Waals surface area (Å²) in [5.74, 6) is 0.0249. The average Bonchev–Trinajstić information content (AvgIpc) is 2.40. The molecule has 1 aliphatic carbocycles. The lowest BCUT2D eigenvalue weighted by Crippen LogP contribution is -2.76. The zero-order chi connectivity index (χ0) is 13.2. The maximum atomic E-state index is 12.8. The first-order valence-electron chi connectivity index (χ1n) is 6.72. The molecule has 4 rings (SSSR count). The maximum absolute atomic E-state index is 12.8. The molecule has 96 valence electrons. The molecule has 0 aromatic heterocycles. The smallest absolute Gasteiger partial charge is 0.169 e. The average molecular weight is 246 g/mol. The third-order valence-corrected chi connectivity index (χ3v) is 5.43. The van der Waals surface area contributed by atoms with Gasteiger partial charge in [0.1, 0.15) is 10.8 Å². The van der Waals surface area contributed by atoms with Crippen LogP contribution >= 0.6 is 0 Å². The van der Waals surface area contributed by atoms with E-state index in [4.69, 9.17) is 0 Å². The molecule has 4 heteroatoms. The molecule has 0 radical (unpaired) electrons. The monoisotopic (exact) mass is 246 g/mol. The fourth-order valence-corrected chi connectivity index (χ4v) is 4.52. The largest absolute Gasteiger partial charge is 0.299 e. The lowest BCUT2D eigenvalue weighted by molar-refractivity contribution is -0.186. The van der Waals surface area contributed by atoms with Gasteiger partial charge in [-0.3, -0.25) is 14.5 Å². The lowest BCUT2D eigenvalue weighted by Gasteiger charge is -2.63. The summed E-state index contributed by atoms with van der Waals surface area (Å²) in [5.41, 5.74) is -2.26. The molecule has 0 aromatic rings. The van der Waals surface area contributed by atoms with E-state index in [1.54, 1.807) is 0 Å². The summed E-state index contributed by atoms with van der Waals surface area (Å²) in [7, 11) is 0. The molecule has 3 aliphatic heterocycles. The molecule has 4 bridgehead atoms. The van der Waals surface area contributed by atoms with E-state index in [-0.39, 0.29) is 11.6 Å². The number of ketones is 2. The molecule has 0 spiro atoms. The minimum absolute atomic E-state index is 0.0926. The van der Waals surface area contributed by atoms with Gasteiger partial charge in [0.05, 0.1) is 6.07 Å². The maximum Gasteiger partial charge on any atom is 0.169 e. The van der Waals surface area contributed by atoms with Crippen molar-refractivity contribution in [3.8, 4) is 6.07 Å². The summed E-state index contributed by atoms with van der Waals surface area (Å²) in [6, 6.07) is 2.25. The molecule has 3 heterocycles. The van der Waals surface area contributed by atoms with Gasteiger partial charge >= 0.3 is 0 Å². The van der Waals surface area contributed by atoms with Gasteiger partial charge in [-0.2, -0.15) is 5.26 Å². The number of nitrogens with zero attached hydrogens (tertiary/aromatic N) is 2. The molecule has 4 nitrogen and oxygen atoms in total. The Hall–Kier alpha value is -1.21. The van der Waals surface area contributed by atoms with Crippen LogP contribution in [0.25, 0.3) is 0 Å². The van der Waals surface area contributed by atoms with Gasteiger partial charge < -0.3 is 0 Å². The van der Waals surface area contributed by atoms with Crippen LogP contribution in [0.15, 0.2) is 0 Å². The molecule has 3 saturated heterocycles. The van der Waals surface area contributed by atoms with E-state index < -0.39 is 16.2 Å². The van der Waals surface area contributed by atoms with Gasteiger partial charge in [0.2, 0.25) is 0 Å². The van der Waals surface area contributed by atoms with Crippen molar-refractivity contribution in [2.45, 2.75) is 33.1 Å². The quantitative estimate of drug-likeness (QED) is 0.686. The van der Waals surface area contributed by atoms with E-state index in [1.165, 1.54) is 0 Å². The number of carbonyl (C=O) groups excluding carboxylic acids is 2. The van der Waals surface area contributed by atoms with Crippen LogP contribution in [-0.4, -0.2) is 36.1 Å². The highest BCUT2D eigenvalue weighted by Gasteiger charge is 2.72. The molecule has 4 aliphatic rings. The van der Waals surface area contributed by atoms with Gasteiger partial charge in [0.15, 0.2) is 11.6 Å². The number of piperidine rings is 3. The summed E-state index contributed by atoms with van der Waals surface area (Å²) in [6.45, 7) is 5.70. The molecule has 1 saturated carbocycles. The molecular formula is C14H18N2O2. The zero-order valence-electron chi connectivity index (χ0n) is 11.0. The Kier molecular flexibility index (Phi) is 2.12. The zero-order valence-corrected chi connectivity index (χ0v) is 11.0. The molecule has 0 N–H and O–H groups in total. The van der Waals surface area contributed by atoms with Crippen molar-refractivity contribution < 1.29 is 9.59 Å². The highest BCUT2D eigenvalue weighted by Crippen LogP contribution is 2.59. The molecule has 4 unspecified atom stereocenters. The summed E-state index contributed by atoms with van der Waals surface area (Å²) in [6.07, 6.45) is 1.72. The van der Waals surface area contributed by atoms with Crippen LogP contribution in [-0.2, 0) is 9.59 Å². The van der Waals surface area contributed by atoms with Gasteiger partial charge in [-0.25, -0.2) is 0 Å². The van der Waals surface area contributed by atoms with Gasteiger partial charge in [-0.1, -0.05) is 13.8 Å². The van der Waals surface area contributed by atoms with E-state index in [1.807, 2.05) is 13.8 Å². The number of hydrogen-bond acceptors (Lipinski definition) is 4. The van der Waals surface area contributed by atoms with Crippen molar-refractivity contribution in [1.82, 2.24) is 4.90 Å². The second-order valence-electron chi connectivity index (χ2n) is 6.24. The van der Waals surface area contributed by atoms with Crippen LogP contribution in [0.3, 0.4) is 0 Å². The fraction of sp³-hybridized carbons (Fsp3) is 0.786. The van der Waals surface area contributed by atoms with Crippen molar-refractivity contribution in [2.24, 2.45) is 16.2 Å². The number of carbonyl (C=O) groups is 2. The lowest BCUT2D eigenvalue weighted by atomic mass is 9.45. The van der Waals surface area contributed by atoms with E-state index in [9.17, 15) is 14.9 Å². The molecule has 0 amide bonds. The molecule has 18 heavy (non-hydrogen) atoms. The van der Waals surface area contributed by atoms with Crippen LogP contribution < -0.4 is 0 Å². The number of Topliss-reactive ketones (excluding diaryl/α,β-unsaturated/α-hetero) is 2. The first-order chi connectivity index (χ1) is 8.48. The van der Waals surface area contributed by atoms with Crippen molar-refractivity contribution >= 4 is 11.6 Å². The van der Waals surface area contributed by atoms with Crippen LogP contribution in [0, 0.1) is 27.6 Å². The van der Waals surface area contributed by atoms with Crippen LogP contribution in [0.4, 0.5) is 0 Å². The van der Waals surface area contributed by atoms with Gasteiger partial charge in [0.25, 0.3) is 0 Å². The van der Waals surface area contributed by atoms with Crippen molar-refractivity contribution in [3.05, 3.63) is 0 Å². The van der Waals surface area contributed by atoms with Crippen molar-refractivity contribution in [2.75, 3.05) is 19.6 Å². The van der Waals surface area contributed by atoms with E-state index in [0.29, 0.717) is 25.9 Å². The van der Waals surface area contributed by atoms with Crippen molar-refractivity contribution in [1.29, 1.82) is 5.26 Å². The Morgan fingerprint density at radius 2 is 1.89 bits per heavy atom. The number of rotatable bonds is 2. The highest BCUT2D eigenvalue weighted by molar-refractivity contribution is 6.16. The molecular weight excluding hydrogens is 228 g/mol.